The number of nitrogen functional groups attached to an aromatic ring is 1. The molecule has 0 radical (unpaired) electrons. The van der Waals surface area contributed by atoms with E-state index in [0.717, 1.165) is 0 Å². The first-order valence-electron chi connectivity index (χ1n) is 4.73. The summed E-state index contributed by atoms with van der Waals surface area (Å²) in [5.41, 5.74) is 5.57. The van der Waals surface area contributed by atoms with Gasteiger partial charge in [0.15, 0.2) is 5.82 Å². The van der Waals surface area contributed by atoms with Crippen molar-refractivity contribution >= 4 is 5.69 Å². The standard InChI is InChI=1S/C11H10FN3O/c12-11-8(3-1-4-9(11)13)7-15-10(16)5-2-6-14-15/h1-6H,7,13H2. The average Bonchev–Trinajstić information content (AvgIpc) is 2.28. The van der Waals surface area contributed by atoms with E-state index >= 15 is 0 Å². The fourth-order valence-corrected chi connectivity index (χ4v) is 1.39. The molecule has 1 aromatic heterocycles. The predicted octanol–water partition coefficient (Wildman–Crippen LogP) is 1.01. The molecule has 0 saturated carbocycles. The van der Waals surface area contributed by atoms with Crippen molar-refractivity contribution in [2.24, 2.45) is 0 Å². The van der Waals surface area contributed by atoms with E-state index < -0.39 is 5.82 Å². The number of hydrogen-bond donors (Lipinski definition) is 1. The summed E-state index contributed by atoms with van der Waals surface area (Å²) in [6.45, 7) is 0.0799. The Labute approximate surface area is 91.1 Å². The first-order valence-corrected chi connectivity index (χ1v) is 4.73. The molecular weight excluding hydrogens is 209 g/mol. The highest BCUT2D eigenvalue weighted by Gasteiger charge is 2.06. The molecule has 0 fully saturated rings. The van der Waals surface area contributed by atoms with Gasteiger partial charge in [-0.2, -0.15) is 5.10 Å². The third kappa shape index (κ3) is 1.93. The lowest BCUT2D eigenvalue weighted by Gasteiger charge is -2.06. The summed E-state index contributed by atoms with van der Waals surface area (Å²) < 4.78 is 14.7. The van der Waals surface area contributed by atoms with Gasteiger partial charge in [0.1, 0.15) is 0 Å². The Kier molecular flexibility index (Phi) is 2.68. The summed E-state index contributed by atoms with van der Waals surface area (Å²) in [7, 11) is 0. The van der Waals surface area contributed by atoms with Crippen LogP contribution < -0.4 is 11.3 Å². The maximum Gasteiger partial charge on any atom is 0.267 e. The van der Waals surface area contributed by atoms with Crippen LogP contribution in [-0.4, -0.2) is 9.78 Å². The third-order valence-corrected chi connectivity index (χ3v) is 2.21. The molecule has 1 aromatic carbocycles. The highest BCUT2D eigenvalue weighted by Crippen LogP contribution is 2.14. The lowest BCUT2D eigenvalue weighted by atomic mass is 10.2. The molecule has 82 valence electrons. The monoisotopic (exact) mass is 219 g/mol. The Bertz CT molecular complexity index is 565. The number of anilines is 1. The maximum atomic E-state index is 13.6. The zero-order valence-corrected chi connectivity index (χ0v) is 8.43. The molecule has 2 aromatic rings. The number of rotatable bonds is 2. The average molecular weight is 219 g/mol. The van der Waals surface area contributed by atoms with Gasteiger partial charge in [-0.3, -0.25) is 4.79 Å². The van der Waals surface area contributed by atoms with Gasteiger partial charge in [-0.1, -0.05) is 12.1 Å². The maximum absolute atomic E-state index is 13.6. The van der Waals surface area contributed by atoms with Crippen molar-refractivity contribution in [3.8, 4) is 0 Å². The predicted molar refractivity (Wildman–Crippen MR) is 58.4 cm³/mol. The Morgan fingerprint density at radius 1 is 1.31 bits per heavy atom. The van der Waals surface area contributed by atoms with Crippen LogP contribution in [0.3, 0.4) is 0 Å². The first kappa shape index (κ1) is 10.4. The molecule has 0 spiro atoms. The second-order valence-corrected chi connectivity index (χ2v) is 3.34. The molecule has 2 N–H and O–H groups in total. The van der Waals surface area contributed by atoms with Crippen molar-refractivity contribution in [3.63, 3.8) is 0 Å². The highest BCUT2D eigenvalue weighted by atomic mass is 19.1. The lowest BCUT2D eigenvalue weighted by Crippen LogP contribution is -2.22. The van der Waals surface area contributed by atoms with Gasteiger partial charge in [0.2, 0.25) is 0 Å². The SMILES string of the molecule is Nc1cccc(Cn2ncccc2=O)c1F. The normalized spacial score (nSPS) is 10.3. The molecule has 0 aliphatic rings. The van der Waals surface area contributed by atoms with Crippen LogP contribution >= 0.6 is 0 Å². The second kappa shape index (κ2) is 4.14. The summed E-state index contributed by atoms with van der Waals surface area (Å²) in [4.78, 5) is 11.4. The van der Waals surface area contributed by atoms with E-state index in [4.69, 9.17) is 5.73 Å². The van der Waals surface area contributed by atoms with Crippen LogP contribution in [0.2, 0.25) is 0 Å². The zero-order valence-electron chi connectivity index (χ0n) is 8.43. The molecule has 0 aliphatic heterocycles. The van der Waals surface area contributed by atoms with E-state index in [-0.39, 0.29) is 17.8 Å². The summed E-state index contributed by atoms with van der Waals surface area (Å²) in [6.07, 6.45) is 1.48. The zero-order chi connectivity index (χ0) is 11.5. The number of benzene rings is 1. The van der Waals surface area contributed by atoms with Crippen LogP contribution in [-0.2, 0) is 6.54 Å². The van der Waals surface area contributed by atoms with Crippen LogP contribution in [0.1, 0.15) is 5.56 Å². The Morgan fingerprint density at radius 2 is 2.12 bits per heavy atom. The minimum absolute atomic E-state index is 0.0708. The minimum Gasteiger partial charge on any atom is -0.396 e. The summed E-state index contributed by atoms with van der Waals surface area (Å²) >= 11 is 0. The van der Waals surface area contributed by atoms with Gasteiger partial charge in [-0.15, -0.1) is 0 Å². The number of halogens is 1. The quantitative estimate of drug-likeness (QED) is 0.767. The van der Waals surface area contributed by atoms with Gasteiger partial charge in [-0.25, -0.2) is 9.07 Å². The molecule has 0 unspecified atom stereocenters. The summed E-state index contributed by atoms with van der Waals surface area (Å²) in [6, 6.07) is 7.60. The fourth-order valence-electron chi connectivity index (χ4n) is 1.39. The topological polar surface area (TPSA) is 60.9 Å². The van der Waals surface area contributed by atoms with Gasteiger partial charge < -0.3 is 5.73 Å². The van der Waals surface area contributed by atoms with Crippen LogP contribution in [0, 0.1) is 5.82 Å². The van der Waals surface area contributed by atoms with Crippen LogP contribution in [0.25, 0.3) is 0 Å². The van der Waals surface area contributed by atoms with Gasteiger partial charge in [0.05, 0.1) is 12.2 Å². The summed E-state index contributed by atoms with van der Waals surface area (Å²) in [5.74, 6) is -0.500. The van der Waals surface area contributed by atoms with E-state index in [2.05, 4.69) is 5.10 Å². The third-order valence-electron chi connectivity index (χ3n) is 2.21. The number of nitrogens with two attached hydrogens (primary N) is 1. The minimum atomic E-state index is -0.500. The van der Waals surface area contributed by atoms with Crippen LogP contribution in [0.5, 0.6) is 0 Å². The molecule has 0 aliphatic carbocycles. The van der Waals surface area contributed by atoms with Gasteiger partial charge in [-0.05, 0) is 12.1 Å². The van der Waals surface area contributed by atoms with Gasteiger partial charge in [0, 0.05) is 17.8 Å². The van der Waals surface area contributed by atoms with E-state index in [0.29, 0.717) is 5.56 Å². The van der Waals surface area contributed by atoms with Crippen molar-refractivity contribution in [2.75, 3.05) is 5.73 Å². The van der Waals surface area contributed by atoms with Gasteiger partial charge in [0.25, 0.3) is 5.56 Å². The van der Waals surface area contributed by atoms with Crippen molar-refractivity contribution in [3.05, 3.63) is 58.3 Å². The molecule has 0 atom stereocenters. The highest BCUT2D eigenvalue weighted by molar-refractivity contribution is 5.42. The van der Waals surface area contributed by atoms with Crippen molar-refractivity contribution in [1.29, 1.82) is 0 Å². The van der Waals surface area contributed by atoms with E-state index in [1.54, 1.807) is 12.1 Å². The Morgan fingerprint density at radius 3 is 2.88 bits per heavy atom. The Hall–Kier alpha value is -2.17. The number of nitrogens with zero attached hydrogens (tertiary/aromatic N) is 2. The van der Waals surface area contributed by atoms with E-state index in [1.807, 2.05) is 0 Å². The molecule has 1 heterocycles. The van der Waals surface area contributed by atoms with E-state index in [9.17, 15) is 9.18 Å². The van der Waals surface area contributed by atoms with Crippen molar-refractivity contribution in [1.82, 2.24) is 9.78 Å². The molecule has 0 saturated heterocycles. The van der Waals surface area contributed by atoms with E-state index in [1.165, 1.54) is 29.1 Å². The first-order chi connectivity index (χ1) is 7.68. The van der Waals surface area contributed by atoms with Crippen molar-refractivity contribution in [2.45, 2.75) is 6.54 Å². The molecule has 0 amide bonds. The molecule has 4 nitrogen and oxygen atoms in total. The molecule has 5 heteroatoms. The Balaban J connectivity index is 2.38. The van der Waals surface area contributed by atoms with Crippen molar-refractivity contribution < 1.29 is 4.39 Å². The molecule has 2 rings (SSSR count). The molecule has 0 bridgehead atoms. The number of hydrogen-bond acceptors (Lipinski definition) is 3. The second-order valence-electron chi connectivity index (χ2n) is 3.34. The smallest absolute Gasteiger partial charge is 0.267 e. The molecular formula is C11H10FN3O. The van der Waals surface area contributed by atoms with Crippen LogP contribution in [0.15, 0.2) is 41.3 Å². The van der Waals surface area contributed by atoms with Crippen LogP contribution in [0.4, 0.5) is 10.1 Å². The molecule has 16 heavy (non-hydrogen) atoms. The fraction of sp³-hybridized carbons (Fsp3) is 0.0909. The van der Waals surface area contributed by atoms with Gasteiger partial charge >= 0.3 is 0 Å². The largest absolute Gasteiger partial charge is 0.396 e. The lowest BCUT2D eigenvalue weighted by molar-refractivity contribution is 0.575. The number of aromatic nitrogens is 2. The summed E-state index contributed by atoms with van der Waals surface area (Å²) in [5, 5.41) is 3.84.